The molecule has 3 aromatic carbocycles. The zero-order chi connectivity index (χ0) is 20.5. The molecular formula is C22H17BrN2O4. The van der Waals surface area contributed by atoms with E-state index in [2.05, 4.69) is 20.5 Å². The fraction of sp³-hybridized carbons (Fsp3) is 0.0909. The molecule has 1 aromatic heterocycles. The van der Waals surface area contributed by atoms with Crippen molar-refractivity contribution in [1.82, 2.24) is 4.57 Å². The van der Waals surface area contributed by atoms with Crippen molar-refractivity contribution in [3.63, 3.8) is 0 Å². The maximum Gasteiger partial charge on any atom is 0.341 e. The van der Waals surface area contributed by atoms with Gasteiger partial charge in [-0.25, -0.2) is 4.79 Å². The molecule has 0 unspecified atom stereocenters. The smallest absolute Gasteiger partial charge is 0.341 e. The average molecular weight is 453 g/mol. The van der Waals surface area contributed by atoms with E-state index in [0.29, 0.717) is 28.6 Å². The summed E-state index contributed by atoms with van der Waals surface area (Å²) in [5, 5.41) is 10.4. The van der Waals surface area contributed by atoms with Crippen molar-refractivity contribution < 1.29 is 19.4 Å². The van der Waals surface area contributed by atoms with Crippen molar-refractivity contribution in [2.45, 2.75) is 6.54 Å². The van der Waals surface area contributed by atoms with Crippen molar-refractivity contribution in [1.29, 1.82) is 0 Å². The number of carbonyl (C=O) groups is 2. The van der Waals surface area contributed by atoms with Gasteiger partial charge in [-0.3, -0.25) is 4.79 Å². The van der Waals surface area contributed by atoms with Crippen LogP contribution in [0.25, 0.3) is 21.8 Å². The van der Waals surface area contributed by atoms with Gasteiger partial charge < -0.3 is 20.1 Å². The van der Waals surface area contributed by atoms with Crippen molar-refractivity contribution in [2.75, 3.05) is 6.61 Å². The average Bonchev–Trinajstić information content (AvgIpc) is 3.01. The molecule has 0 atom stereocenters. The summed E-state index contributed by atoms with van der Waals surface area (Å²) in [6, 6.07) is 18.8. The first-order chi connectivity index (χ1) is 14.0. The molecule has 0 aliphatic rings. The summed E-state index contributed by atoms with van der Waals surface area (Å²) in [6.45, 7) is 0.0835. The number of carboxylic acid groups (broad SMARTS) is 1. The first-order valence-electron chi connectivity index (χ1n) is 8.88. The SMILES string of the molecule is NC(=O)c1cccc2c1c1c(OCC(=O)O)cccc1n2Cc1cccc(Br)c1. The Bertz CT molecular complexity index is 1260. The number of aromatic nitrogens is 1. The highest BCUT2D eigenvalue weighted by molar-refractivity contribution is 9.10. The standard InChI is InChI=1S/C22H17BrN2O4/c23-14-5-1-4-13(10-14)11-25-16-7-2-6-15(22(24)28)20(16)21-17(25)8-3-9-18(21)29-12-19(26)27/h1-10H,11-12H2,(H2,24,28)(H,26,27). The largest absolute Gasteiger partial charge is 0.481 e. The first kappa shape index (κ1) is 19.0. The van der Waals surface area contributed by atoms with Gasteiger partial charge in [0.25, 0.3) is 0 Å². The number of ether oxygens (including phenoxy) is 1. The molecule has 29 heavy (non-hydrogen) atoms. The zero-order valence-electron chi connectivity index (χ0n) is 15.3. The van der Waals surface area contributed by atoms with Gasteiger partial charge in [-0.1, -0.05) is 40.2 Å². The quantitative estimate of drug-likeness (QED) is 0.458. The fourth-order valence-electron chi connectivity index (χ4n) is 3.61. The van der Waals surface area contributed by atoms with E-state index < -0.39 is 18.5 Å². The highest BCUT2D eigenvalue weighted by Gasteiger charge is 2.20. The Morgan fingerprint density at radius 1 is 1.00 bits per heavy atom. The molecule has 0 saturated carbocycles. The summed E-state index contributed by atoms with van der Waals surface area (Å²) >= 11 is 3.50. The number of hydrogen-bond donors (Lipinski definition) is 2. The van der Waals surface area contributed by atoms with Crippen LogP contribution in [0.3, 0.4) is 0 Å². The third kappa shape index (κ3) is 3.56. The van der Waals surface area contributed by atoms with Gasteiger partial charge >= 0.3 is 5.97 Å². The van der Waals surface area contributed by atoms with Gasteiger partial charge in [-0.2, -0.15) is 0 Å². The lowest BCUT2D eigenvalue weighted by Crippen LogP contribution is -2.11. The van der Waals surface area contributed by atoms with Crippen LogP contribution >= 0.6 is 15.9 Å². The molecule has 6 nitrogen and oxygen atoms in total. The number of benzene rings is 3. The van der Waals surface area contributed by atoms with Crippen LogP contribution in [0.1, 0.15) is 15.9 Å². The van der Waals surface area contributed by atoms with Gasteiger partial charge in [-0.05, 0) is 42.0 Å². The molecule has 4 aromatic rings. The first-order valence-corrected chi connectivity index (χ1v) is 9.68. The summed E-state index contributed by atoms with van der Waals surface area (Å²) in [6.07, 6.45) is 0. The van der Waals surface area contributed by atoms with Crippen LogP contribution in [0.15, 0.2) is 65.1 Å². The van der Waals surface area contributed by atoms with E-state index in [9.17, 15) is 9.59 Å². The lowest BCUT2D eigenvalue weighted by atomic mass is 10.1. The lowest BCUT2D eigenvalue weighted by molar-refractivity contribution is -0.139. The predicted octanol–water partition coefficient (Wildman–Crippen LogP) is 4.17. The lowest BCUT2D eigenvalue weighted by Gasteiger charge is -2.09. The number of rotatable bonds is 6. The number of nitrogens with two attached hydrogens (primary N) is 1. The normalized spacial score (nSPS) is 11.1. The van der Waals surface area contributed by atoms with E-state index >= 15 is 0 Å². The van der Waals surface area contributed by atoms with Crippen LogP contribution < -0.4 is 10.5 Å². The van der Waals surface area contributed by atoms with Gasteiger partial charge in [0.1, 0.15) is 5.75 Å². The molecule has 0 fully saturated rings. The number of carboxylic acids is 1. The number of carbonyl (C=O) groups excluding carboxylic acids is 1. The van der Waals surface area contributed by atoms with Crippen LogP contribution in [-0.2, 0) is 11.3 Å². The molecule has 4 rings (SSSR count). The number of halogens is 1. The second-order valence-electron chi connectivity index (χ2n) is 6.61. The van der Waals surface area contributed by atoms with E-state index in [1.54, 1.807) is 24.3 Å². The molecule has 3 N–H and O–H groups in total. The summed E-state index contributed by atoms with van der Waals surface area (Å²) in [7, 11) is 0. The Morgan fingerprint density at radius 3 is 2.38 bits per heavy atom. The summed E-state index contributed by atoms with van der Waals surface area (Å²) in [5.74, 6) is -1.23. The summed E-state index contributed by atoms with van der Waals surface area (Å²) in [4.78, 5) is 23.1. The van der Waals surface area contributed by atoms with Crippen LogP contribution in [0.4, 0.5) is 0 Å². The molecule has 7 heteroatoms. The number of primary amides is 1. The second kappa shape index (κ2) is 7.60. The van der Waals surface area contributed by atoms with Crippen LogP contribution in [-0.4, -0.2) is 28.2 Å². The van der Waals surface area contributed by atoms with E-state index in [1.807, 2.05) is 36.4 Å². The minimum atomic E-state index is -1.07. The van der Waals surface area contributed by atoms with Gasteiger partial charge in [0.15, 0.2) is 6.61 Å². The minimum absolute atomic E-state index is 0.367. The maximum atomic E-state index is 12.1. The molecule has 0 aliphatic carbocycles. The van der Waals surface area contributed by atoms with Crippen molar-refractivity contribution >= 4 is 49.6 Å². The molecule has 0 aliphatic heterocycles. The second-order valence-corrected chi connectivity index (χ2v) is 7.53. The third-order valence-electron chi connectivity index (χ3n) is 4.72. The molecule has 1 heterocycles. The predicted molar refractivity (Wildman–Crippen MR) is 114 cm³/mol. The number of hydrogen-bond acceptors (Lipinski definition) is 3. The monoisotopic (exact) mass is 452 g/mol. The highest BCUT2D eigenvalue weighted by Crippen LogP contribution is 2.38. The topological polar surface area (TPSA) is 94.6 Å². The van der Waals surface area contributed by atoms with Gasteiger partial charge in [0.05, 0.1) is 16.4 Å². The molecule has 0 saturated heterocycles. The maximum absolute atomic E-state index is 12.1. The number of fused-ring (bicyclic) bond motifs is 3. The number of amides is 1. The van der Waals surface area contributed by atoms with Crippen LogP contribution in [0.2, 0.25) is 0 Å². The van der Waals surface area contributed by atoms with Crippen LogP contribution in [0, 0.1) is 0 Å². The third-order valence-corrected chi connectivity index (χ3v) is 5.22. The molecule has 1 amide bonds. The summed E-state index contributed by atoms with van der Waals surface area (Å²) in [5.41, 5.74) is 8.72. The minimum Gasteiger partial charge on any atom is -0.481 e. The number of nitrogens with zero attached hydrogens (tertiary/aromatic N) is 1. The Balaban J connectivity index is 2.02. The fourth-order valence-corrected chi connectivity index (χ4v) is 4.05. The molecule has 0 bridgehead atoms. The van der Waals surface area contributed by atoms with E-state index in [0.717, 1.165) is 21.1 Å². The summed E-state index contributed by atoms with van der Waals surface area (Å²) < 4.78 is 8.58. The Morgan fingerprint density at radius 2 is 1.69 bits per heavy atom. The number of aliphatic carboxylic acids is 1. The zero-order valence-corrected chi connectivity index (χ0v) is 16.8. The van der Waals surface area contributed by atoms with Gasteiger partial charge in [0, 0.05) is 22.0 Å². The molecule has 146 valence electrons. The Hall–Kier alpha value is -3.32. The van der Waals surface area contributed by atoms with Crippen molar-refractivity contribution in [3.8, 4) is 5.75 Å². The Kier molecular flexibility index (Phi) is 4.98. The molecule has 0 radical (unpaired) electrons. The van der Waals surface area contributed by atoms with Crippen LogP contribution in [0.5, 0.6) is 5.75 Å². The molecule has 0 spiro atoms. The van der Waals surface area contributed by atoms with Crippen molar-refractivity contribution in [2.24, 2.45) is 5.73 Å². The van der Waals surface area contributed by atoms with Crippen molar-refractivity contribution in [3.05, 3.63) is 76.3 Å². The van der Waals surface area contributed by atoms with E-state index in [-0.39, 0.29) is 0 Å². The highest BCUT2D eigenvalue weighted by atomic mass is 79.9. The molecular weight excluding hydrogens is 436 g/mol. The van der Waals surface area contributed by atoms with E-state index in [1.165, 1.54) is 0 Å². The Labute approximate surface area is 174 Å². The van der Waals surface area contributed by atoms with E-state index in [4.69, 9.17) is 15.6 Å². The van der Waals surface area contributed by atoms with Gasteiger partial charge in [-0.15, -0.1) is 0 Å². The van der Waals surface area contributed by atoms with Gasteiger partial charge in [0.2, 0.25) is 5.91 Å².